The van der Waals surface area contributed by atoms with Crippen LogP contribution in [0.4, 0.5) is 0 Å². The Bertz CT molecular complexity index is 273. The van der Waals surface area contributed by atoms with Gasteiger partial charge in [-0.25, -0.2) is 0 Å². The SMILES string of the molecule is CCCCCCC(CC)N(CC)C1CC(C)CCC1C(C)C. The summed E-state index contributed by atoms with van der Waals surface area (Å²) in [6, 6.07) is 1.66. The molecule has 132 valence electrons. The summed E-state index contributed by atoms with van der Waals surface area (Å²) in [6.45, 7) is 15.7. The minimum atomic E-state index is 0.818. The van der Waals surface area contributed by atoms with Crippen LogP contribution in [0.5, 0.6) is 0 Å². The van der Waals surface area contributed by atoms with E-state index in [-0.39, 0.29) is 0 Å². The molecule has 1 nitrogen and oxygen atoms in total. The molecule has 0 N–H and O–H groups in total. The monoisotopic (exact) mass is 309 g/mol. The van der Waals surface area contributed by atoms with Gasteiger partial charge in [0.05, 0.1) is 0 Å². The third-order valence-electron chi connectivity index (χ3n) is 6.11. The fourth-order valence-corrected chi connectivity index (χ4v) is 4.71. The van der Waals surface area contributed by atoms with Gasteiger partial charge in [0.2, 0.25) is 0 Å². The number of hydrogen-bond donors (Lipinski definition) is 0. The maximum absolute atomic E-state index is 2.91. The topological polar surface area (TPSA) is 3.24 Å². The van der Waals surface area contributed by atoms with Crippen LogP contribution in [-0.4, -0.2) is 23.5 Å². The van der Waals surface area contributed by atoms with Gasteiger partial charge in [-0.2, -0.15) is 0 Å². The summed E-state index contributed by atoms with van der Waals surface area (Å²) in [5.74, 6) is 2.68. The van der Waals surface area contributed by atoms with Crippen molar-refractivity contribution in [2.45, 2.75) is 111 Å². The Hall–Kier alpha value is -0.0400. The number of nitrogens with zero attached hydrogens (tertiary/aromatic N) is 1. The van der Waals surface area contributed by atoms with Crippen LogP contribution >= 0.6 is 0 Å². The van der Waals surface area contributed by atoms with Gasteiger partial charge in [-0.3, -0.25) is 4.90 Å². The molecular weight excluding hydrogens is 266 g/mol. The first-order chi connectivity index (χ1) is 10.5. The van der Waals surface area contributed by atoms with Crippen LogP contribution in [0, 0.1) is 17.8 Å². The van der Waals surface area contributed by atoms with Crippen molar-refractivity contribution >= 4 is 0 Å². The highest BCUT2D eigenvalue weighted by Crippen LogP contribution is 2.38. The third kappa shape index (κ3) is 5.87. The number of unbranched alkanes of at least 4 members (excludes halogenated alkanes) is 3. The van der Waals surface area contributed by atoms with Crippen LogP contribution in [0.1, 0.15) is 99.3 Å². The molecule has 1 rings (SSSR count). The Morgan fingerprint density at radius 1 is 1.00 bits per heavy atom. The Morgan fingerprint density at radius 3 is 2.27 bits per heavy atom. The zero-order valence-electron chi connectivity index (χ0n) is 16.4. The lowest BCUT2D eigenvalue weighted by Gasteiger charge is -2.47. The molecule has 0 bridgehead atoms. The van der Waals surface area contributed by atoms with Gasteiger partial charge in [0.1, 0.15) is 0 Å². The maximum atomic E-state index is 2.91. The van der Waals surface area contributed by atoms with E-state index in [2.05, 4.69) is 46.4 Å². The van der Waals surface area contributed by atoms with E-state index in [1.807, 2.05) is 0 Å². The first-order valence-corrected chi connectivity index (χ1v) is 10.3. The van der Waals surface area contributed by atoms with E-state index in [0.29, 0.717) is 0 Å². The van der Waals surface area contributed by atoms with Crippen LogP contribution in [0.2, 0.25) is 0 Å². The summed E-state index contributed by atoms with van der Waals surface area (Å²) in [6.07, 6.45) is 12.7. The molecule has 1 saturated carbocycles. The van der Waals surface area contributed by atoms with Crippen molar-refractivity contribution in [1.29, 1.82) is 0 Å². The van der Waals surface area contributed by atoms with Gasteiger partial charge in [-0.15, -0.1) is 0 Å². The molecular formula is C21H43N. The lowest BCUT2D eigenvalue weighted by molar-refractivity contribution is 0.0273. The van der Waals surface area contributed by atoms with E-state index < -0.39 is 0 Å². The second-order valence-electron chi connectivity index (χ2n) is 8.14. The number of hydrogen-bond acceptors (Lipinski definition) is 1. The fourth-order valence-electron chi connectivity index (χ4n) is 4.71. The summed E-state index contributed by atoms with van der Waals surface area (Å²) in [7, 11) is 0. The molecule has 0 aromatic carbocycles. The summed E-state index contributed by atoms with van der Waals surface area (Å²) in [5.41, 5.74) is 0. The van der Waals surface area contributed by atoms with Gasteiger partial charge < -0.3 is 0 Å². The van der Waals surface area contributed by atoms with Gasteiger partial charge >= 0.3 is 0 Å². The molecule has 0 aromatic rings. The molecule has 0 saturated heterocycles. The first kappa shape index (κ1) is 20.0. The Labute approximate surface area is 141 Å². The molecule has 0 spiro atoms. The lowest BCUT2D eigenvalue weighted by Crippen LogP contribution is -2.50. The fraction of sp³-hybridized carbons (Fsp3) is 1.00. The first-order valence-electron chi connectivity index (χ1n) is 10.3. The predicted molar refractivity (Wildman–Crippen MR) is 100 cm³/mol. The summed E-state index contributed by atoms with van der Waals surface area (Å²) in [5, 5.41) is 0. The molecule has 4 atom stereocenters. The highest BCUT2D eigenvalue weighted by atomic mass is 15.2. The second kappa shape index (κ2) is 10.7. The highest BCUT2D eigenvalue weighted by Gasteiger charge is 2.36. The predicted octanol–water partition coefficient (Wildman–Crippen LogP) is 6.52. The quantitative estimate of drug-likeness (QED) is 0.415. The maximum Gasteiger partial charge on any atom is 0.0131 e. The third-order valence-corrected chi connectivity index (χ3v) is 6.11. The Morgan fingerprint density at radius 2 is 1.73 bits per heavy atom. The Balaban J connectivity index is 2.70. The van der Waals surface area contributed by atoms with Crippen LogP contribution < -0.4 is 0 Å². The average Bonchev–Trinajstić information content (AvgIpc) is 2.50. The molecule has 0 aromatic heterocycles. The van der Waals surface area contributed by atoms with E-state index in [0.717, 1.165) is 29.8 Å². The van der Waals surface area contributed by atoms with E-state index in [4.69, 9.17) is 0 Å². The summed E-state index contributed by atoms with van der Waals surface area (Å²) >= 11 is 0. The molecule has 0 radical (unpaired) electrons. The lowest BCUT2D eigenvalue weighted by atomic mass is 9.73. The van der Waals surface area contributed by atoms with Gasteiger partial charge in [0.15, 0.2) is 0 Å². The van der Waals surface area contributed by atoms with E-state index >= 15 is 0 Å². The Kier molecular flexibility index (Phi) is 9.71. The highest BCUT2D eigenvalue weighted by molar-refractivity contribution is 4.89. The van der Waals surface area contributed by atoms with Crippen LogP contribution in [0.3, 0.4) is 0 Å². The standard InChI is InChI=1S/C21H43N/c1-7-10-11-12-13-19(8-2)22(9-3)21-16-18(6)14-15-20(21)17(4)5/h17-21H,7-16H2,1-6H3. The van der Waals surface area contributed by atoms with Crippen molar-refractivity contribution in [3.63, 3.8) is 0 Å². The van der Waals surface area contributed by atoms with E-state index in [1.54, 1.807) is 0 Å². The molecule has 1 aliphatic rings. The zero-order valence-corrected chi connectivity index (χ0v) is 16.4. The van der Waals surface area contributed by atoms with Crippen molar-refractivity contribution in [3.05, 3.63) is 0 Å². The molecule has 0 heterocycles. The van der Waals surface area contributed by atoms with Crippen molar-refractivity contribution in [3.8, 4) is 0 Å². The van der Waals surface area contributed by atoms with Gasteiger partial charge in [-0.1, -0.05) is 73.6 Å². The van der Waals surface area contributed by atoms with Crippen molar-refractivity contribution in [2.24, 2.45) is 17.8 Å². The molecule has 0 amide bonds. The van der Waals surface area contributed by atoms with Crippen LogP contribution in [0.25, 0.3) is 0 Å². The smallest absolute Gasteiger partial charge is 0.0131 e. The van der Waals surface area contributed by atoms with E-state index in [1.165, 1.54) is 64.3 Å². The molecule has 0 aliphatic heterocycles. The molecule has 1 heteroatoms. The summed E-state index contributed by atoms with van der Waals surface area (Å²) in [4.78, 5) is 2.91. The second-order valence-corrected chi connectivity index (χ2v) is 8.14. The molecule has 1 aliphatic carbocycles. The molecule has 22 heavy (non-hydrogen) atoms. The molecule has 1 fully saturated rings. The number of rotatable bonds is 10. The van der Waals surface area contributed by atoms with Crippen molar-refractivity contribution in [1.82, 2.24) is 4.90 Å². The van der Waals surface area contributed by atoms with Crippen LogP contribution in [0.15, 0.2) is 0 Å². The van der Waals surface area contributed by atoms with Crippen LogP contribution in [-0.2, 0) is 0 Å². The largest absolute Gasteiger partial charge is 0.297 e. The van der Waals surface area contributed by atoms with Gasteiger partial charge in [0.25, 0.3) is 0 Å². The van der Waals surface area contributed by atoms with Gasteiger partial charge in [-0.05, 0) is 50.0 Å². The molecule has 4 unspecified atom stereocenters. The minimum Gasteiger partial charge on any atom is -0.297 e. The van der Waals surface area contributed by atoms with Gasteiger partial charge in [0, 0.05) is 12.1 Å². The van der Waals surface area contributed by atoms with E-state index in [9.17, 15) is 0 Å². The minimum absolute atomic E-state index is 0.818. The van der Waals surface area contributed by atoms with Crippen molar-refractivity contribution in [2.75, 3.05) is 6.54 Å². The normalized spacial score (nSPS) is 27.5. The summed E-state index contributed by atoms with van der Waals surface area (Å²) < 4.78 is 0. The van der Waals surface area contributed by atoms with Crippen molar-refractivity contribution < 1.29 is 0 Å². The zero-order chi connectivity index (χ0) is 16.5. The average molecular weight is 310 g/mol.